The monoisotopic (exact) mass is 426 g/mol. The molecule has 3 rings (SSSR count). The molecule has 0 atom stereocenters. The van der Waals surface area contributed by atoms with Crippen molar-refractivity contribution in [3.8, 4) is 0 Å². The van der Waals surface area contributed by atoms with Crippen LogP contribution in [0.4, 0.5) is 5.13 Å². The normalized spacial score (nSPS) is 16.4. The Hall–Kier alpha value is -1.49. The molecule has 1 aromatic heterocycles. The average molecular weight is 427 g/mol. The van der Waals surface area contributed by atoms with Gasteiger partial charge in [-0.05, 0) is 37.1 Å². The lowest BCUT2D eigenvalue weighted by Gasteiger charge is -2.29. The van der Waals surface area contributed by atoms with Crippen molar-refractivity contribution >= 4 is 44.0 Å². The lowest BCUT2D eigenvalue weighted by atomic mass is 10.0. The smallest absolute Gasteiger partial charge is 0.243 e. The maximum absolute atomic E-state index is 12.9. The molecule has 10 heteroatoms. The molecule has 146 valence electrons. The Morgan fingerprint density at radius 3 is 2.74 bits per heavy atom. The first-order valence-corrected chi connectivity index (χ1v) is 12.1. The van der Waals surface area contributed by atoms with Crippen molar-refractivity contribution in [2.24, 2.45) is 5.92 Å². The summed E-state index contributed by atoms with van der Waals surface area (Å²) >= 11 is 2.86. The zero-order chi connectivity index (χ0) is 19.4. The van der Waals surface area contributed by atoms with Gasteiger partial charge in [-0.1, -0.05) is 42.2 Å². The number of nitrogens with zero attached hydrogens (tertiary/aromatic N) is 3. The van der Waals surface area contributed by atoms with Gasteiger partial charge >= 0.3 is 0 Å². The minimum absolute atomic E-state index is 0.0355. The van der Waals surface area contributed by atoms with Gasteiger partial charge in [0.2, 0.25) is 15.2 Å². The molecule has 1 saturated heterocycles. The minimum Gasteiger partial charge on any atom is -0.353 e. The highest BCUT2D eigenvalue weighted by molar-refractivity contribution is 8.00. The van der Waals surface area contributed by atoms with Crippen LogP contribution < -0.4 is 5.32 Å². The molecule has 0 amide bonds. The number of piperidine rings is 1. The maximum Gasteiger partial charge on any atom is 0.243 e. The number of benzene rings is 1. The van der Waals surface area contributed by atoms with Crippen molar-refractivity contribution in [3.63, 3.8) is 0 Å². The molecular weight excluding hydrogens is 404 g/mol. The molecule has 1 aliphatic heterocycles. The van der Waals surface area contributed by atoms with Crippen LogP contribution in [-0.2, 0) is 10.0 Å². The van der Waals surface area contributed by atoms with Crippen LogP contribution >= 0.6 is 23.1 Å². The molecule has 0 spiro atoms. The third kappa shape index (κ3) is 4.87. The molecule has 0 radical (unpaired) electrons. The first-order valence-electron chi connectivity index (χ1n) is 8.65. The summed E-state index contributed by atoms with van der Waals surface area (Å²) in [5, 5.41) is 11.4. The highest BCUT2D eigenvalue weighted by Gasteiger charge is 2.28. The Balaban J connectivity index is 1.69. The molecule has 27 heavy (non-hydrogen) atoms. The number of ketones is 1. The van der Waals surface area contributed by atoms with Crippen molar-refractivity contribution < 1.29 is 13.2 Å². The second-order valence-corrected chi connectivity index (χ2v) is 10.4. The molecule has 0 saturated carbocycles. The van der Waals surface area contributed by atoms with E-state index in [9.17, 15) is 13.2 Å². The largest absolute Gasteiger partial charge is 0.353 e. The summed E-state index contributed by atoms with van der Waals surface area (Å²) in [6, 6.07) is 6.26. The average Bonchev–Trinajstić information content (AvgIpc) is 3.14. The number of sulfonamides is 1. The van der Waals surface area contributed by atoms with Gasteiger partial charge < -0.3 is 5.32 Å². The summed E-state index contributed by atoms with van der Waals surface area (Å²) in [4.78, 5) is 12.6. The van der Waals surface area contributed by atoms with Gasteiger partial charge in [0.25, 0.3) is 0 Å². The first-order chi connectivity index (χ1) is 12.9. The van der Waals surface area contributed by atoms with Crippen LogP contribution in [0.3, 0.4) is 0 Å². The third-order valence-corrected chi connectivity index (χ3v) is 8.27. The SMILES string of the molecule is CSc1nnc(NCC(=O)c2cccc(S(=O)(=O)N3CCC(C)CC3)c2)s1. The van der Waals surface area contributed by atoms with Gasteiger partial charge in [-0.2, -0.15) is 4.31 Å². The highest BCUT2D eigenvalue weighted by Crippen LogP contribution is 2.25. The predicted octanol–water partition coefficient (Wildman–Crippen LogP) is 2.98. The van der Waals surface area contributed by atoms with Gasteiger partial charge in [0.1, 0.15) is 0 Å². The number of anilines is 1. The molecule has 0 aliphatic carbocycles. The van der Waals surface area contributed by atoms with E-state index >= 15 is 0 Å². The fourth-order valence-corrected chi connectivity index (χ4v) is 5.51. The van der Waals surface area contributed by atoms with Gasteiger partial charge in [-0.15, -0.1) is 10.2 Å². The summed E-state index contributed by atoms with van der Waals surface area (Å²) in [5.41, 5.74) is 0.364. The number of aromatic nitrogens is 2. The number of hydrogen-bond donors (Lipinski definition) is 1. The molecule has 1 aromatic carbocycles. The van der Waals surface area contributed by atoms with Crippen molar-refractivity contribution in [1.29, 1.82) is 0 Å². The second-order valence-electron chi connectivity index (χ2n) is 6.47. The summed E-state index contributed by atoms with van der Waals surface area (Å²) in [6.07, 6.45) is 3.63. The standard InChI is InChI=1S/C17H22N4O3S3/c1-12-6-8-21(9-7-12)27(23,24)14-5-3-4-13(10-14)15(22)11-18-16-19-20-17(25-2)26-16/h3-5,10,12H,6-9,11H2,1-2H3,(H,18,19). The van der Waals surface area contributed by atoms with E-state index in [2.05, 4.69) is 22.4 Å². The molecule has 1 fully saturated rings. The molecule has 7 nitrogen and oxygen atoms in total. The van der Waals surface area contributed by atoms with Crippen LogP contribution in [0.25, 0.3) is 0 Å². The second kappa shape index (κ2) is 8.68. The fourth-order valence-electron chi connectivity index (χ4n) is 2.83. The number of carbonyl (C=O) groups is 1. The van der Waals surface area contributed by atoms with E-state index in [-0.39, 0.29) is 17.2 Å². The molecule has 0 bridgehead atoms. The first kappa shape index (κ1) is 20.2. The summed E-state index contributed by atoms with van der Waals surface area (Å²) < 4.78 is 28.1. The molecule has 2 heterocycles. The zero-order valence-corrected chi connectivity index (χ0v) is 17.7. The maximum atomic E-state index is 12.9. The number of hydrogen-bond acceptors (Lipinski definition) is 8. The Labute approximate surface area is 167 Å². The van der Waals surface area contributed by atoms with E-state index in [1.54, 1.807) is 18.2 Å². The van der Waals surface area contributed by atoms with Gasteiger partial charge in [0.05, 0.1) is 11.4 Å². The van der Waals surface area contributed by atoms with Crippen LogP contribution in [0.1, 0.15) is 30.1 Å². The van der Waals surface area contributed by atoms with Gasteiger partial charge in [0.15, 0.2) is 10.1 Å². The van der Waals surface area contributed by atoms with Crippen molar-refractivity contribution in [1.82, 2.24) is 14.5 Å². The number of carbonyl (C=O) groups excluding carboxylic acids is 1. The minimum atomic E-state index is -3.57. The predicted molar refractivity (Wildman–Crippen MR) is 108 cm³/mol. The fraction of sp³-hybridized carbons (Fsp3) is 0.471. The van der Waals surface area contributed by atoms with Gasteiger partial charge in [-0.25, -0.2) is 8.42 Å². The summed E-state index contributed by atoms with van der Waals surface area (Å²) in [7, 11) is -3.57. The molecule has 1 N–H and O–H groups in total. The zero-order valence-electron chi connectivity index (χ0n) is 15.2. The lowest BCUT2D eigenvalue weighted by Crippen LogP contribution is -2.37. The van der Waals surface area contributed by atoms with Crippen LogP contribution in [0.5, 0.6) is 0 Å². The number of Topliss-reactive ketones (excluding diaryl/α,β-unsaturated/α-hetero) is 1. The Bertz CT molecular complexity index is 906. The van der Waals surface area contributed by atoms with Crippen molar-refractivity contribution in [2.75, 3.05) is 31.2 Å². The van der Waals surface area contributed by atoms with Gasteiger partial charge in [-0.3, -0.25) is 4.79 Å². The molecule has 2 aromatic rings. The highest BCUT2D eigenvalue weighted by atomic mass is 32.2. The van der Waals surface area contributed by atoms with Crippen LogP contribution in [0.15, 0.2) is 33.5 Å². The quantitative estimate of drug-likeness (QED) is 0.537. The number of nitrogens with one attached hydrogen (secondary N) is 1. The van der Waals surface area contributed by atoms with Crippen LogP contribution in [0, 0.1) is 5.92 Å². The Morgan fingerprint density at radius 2 is 2.07 bits per heavy atom. The molecule has 1 aliphatic rings. The van der Waals surface area contributed by atoms with E-state index in [0.717, 1.165) is 17.2 Å². The number of thioether (sulfide) groups is 1. The van der Waals surface area contributed by atoms with E-state index in [0.29, 0.717) is 29.7 Å². The lowest BCUT2D eigenvalue weighted by molar-refractivity contribution is 0.101. The Morgan fingerprint density at radius 1 is 1.33 bits per heavy atom. The Kier molecular flexibility index (Phi) is 6.51. The van der Waals surface area contributed by atoms with E-state index in [1.807, 2.05) is 6.26 Å². The van der Waals surface area contributed by atoms with Crippen molar-refractivity contribution in [2.45, 2.75) is 29.0 Å². The summed E-state index contributed by atoms with van der Waals surface area (Å²) in [6.45, 7) is 3.22. The van der Waals surface area contributed by atoms with Crippen molar-refractivity contribution in [3.05, 3.63) is 29.8 Å². The third-order valence-electron chi connectivity index (χ3n) is 4.52. The van der Waals surface area contributed by atoms with Crippen LogP contribution in [-0.4, -0.2) is 54.6 Å². The topological polar surface area (TPSA) is 92.3 Å². The number of rotatable bonds is 7. The van der Waals surface area contributed by atoms with E-state index in [4.69, 9.17) is 0 Å². The van der Waals surface area contributed by atoms with E-state index < -0.39 is 10.0 Å². The molecular formula is C17H22N4O3S3. The van der Waals surface area contributed by atoms with Gasteiger partial charge in [0, 0.05) is 18.7 Å². The molecule has 0 unspecified atom stereocenters. The summed E-state index contributed by atoms with van der Waals surface area (Å²) in [5.74, 6) is 0.350. The van der Waals surface area contributed by atoms with E-state index in [1.165, 1.54) is 33.5 Å². The van der Waals surface area contributed by atoms with Crippen LogP contribution in [0.2, 0.25) is 0 Å².